The number of hydrogen-bond acceptors (Lipinski definition) is 5. The van der Waals surface area contributed by atoms with Gasteiger partial charge in [-0.25, -0.2) is 4.79 Å². The Labute approximate surface area is 189 Å². The Bertz CT molecular complexity index is 813. The first-order chi connectivity index (χ1) is 14.6. The number of rotatable bonds is 8. The zero-order valence-electron chi connectivity index (χ0n) is 18.9. The van der Waals surface area contributed by atoms with Crippen molar-refractivity contribution < 1.29 is 18.9 Å². The first kappa shape index (κ1) is 22.7. The third-order valence-electron chi connectivity index (χ3n) is 7.04. The molecule has 3 fully saturated rings. The van der Waals surface area contributed by atoms with Gasteiger partial charge in [-0.3, -0.25) is 4.79 Å². The normalized spacial score (nSPS) is 28.3. The maximum Gasteiger partial charge on any atom is 0.494 e. The van der Waals surface area contributed by atoms with E-state index in [2.05, 4.69) is 10.6 Å². The van der Waals surface area contributed by atoms with Crippen LogP contribution < -0.4 is 16.1 Å². The fourth-order valence-electron chi connectivity index (χ4n) is 4.40. The van der Waals surface area contributed by atoms with Gasteiger partial charge in [0.15, 0.2) is 0 Å². The number of carbonyl (C=O) groups is 2. The summed E-state index contributed by atoms with van der Waals surface area (Å²) in [7, 11) is -0.373. The molecule has 8 heteroatoms. The highest BCUT2D eigenvalue weighted by Gasteiger charge is 2.51. The molecular formula is C23H33BN2O4S. The Hall–Kier alpha value is -1.51. The Balaban J connectivity index is 1.19. The minimum Gasteiger partial charge on any atom is -0.399 e. The molecule has 3 saturated heterocycles. The zero-order chi connectivity index (χ0) is 22.2. The quantitative estimate of drug-likeness (QED) is 0.366. The van der Waals surface area contributed by atoms with Gasteiger partial charge in [-0.05, 0) is 51.6 Å². The van der Waals surface area contributed by atoms with E-state index in [0.29, 0.717) is 18.1 Å². The minimum absolute atomic E-state index is 0.0417. The van der Waals surface area contributed by atoms with Crippen molar-refractivity contribution in [2.24, 2.45) is 0 Å². The summed E-state index contributed by atoms with van der Waals surface area (Å²) in [6.07, 6.45) is 4.04. The molecule has 0 aliphatic carbocycles. The molecule has 2 amide bonds. The number of benzene rings is 1. The van der Waals surface area contributed by atoms with E-state index in [1.165, 1.54) is 0 Å². The van der Waals surface area contributed by atoms with E-state index in [9.17, 15) is 9.59 Å². The van der Waals surface area contributed by atoms with E-state index in [0.717, 1.165) is 36.0 Å². The molecular weight excluding hydrogens is 411 g/mol. The zero-order valence-corrected chi connectivity index (χ0v) is 19.7. The van der Waals surface area contributed by atoms with Crippen LogP contribution in [0.1, 0.15) is 58.9 Å². The van der Waals surface area contributed by atoms with Crippen LogP contribution in [-0.4, -0.2) is 53.2 Å². The smallest absolute Gasteiger partial charge is 0.399 e. The topological polar surface area (TPSA) is 76.7 Å². The van der Waals surface area contributed by atoms with Gasteiger partial charge in [-0.1, -0.05) is 30.7 Å². The molecule has 0 unspecified atom stereocenters. The van der Waals surface area contributed by atoms with E-state index in [1.54, 1.807) is 0 Å². The van der Waals surface area contributed by atoms with Crippen LogP contribution in [0, 0.1) is 0 Å². The molecule has 4 rings (SSSR count). The van der Waals surface area contributed by atoms with Gasteiger partial charge in [-0.2, -0.15) is 11.8 Å². The van der Waals surface area contributed by atoms with E-state index in [1.807, 2.05) is 63.7 Å². The van der Waals surface area contributed by atoms with E-state index >= 15 is 0 Å². The highest BCUT2D eigenvalue weighted by atomic mass is 32.2. The fraction of sp³-hybridized carbons (Fsp3) is 0.652. The van der Waals surface area contributed by atoms with Crippen molar-refractivity contribution in [1.82, 2.24) is 10.6 Å². The van der Waals surface area contributed by atoms with Gasteiger partial charge < -0.3 is 19.9 Å². The van der Waals surface area contributed by atoms with E-state index in [4.69, 9.17) is 9.31 Å². The predicted molar refractivity (Wildman–Crippen MR) is 125 cm³/mol. The highest BCUT2D eigenvalue weighted by molar-refractivity contribution is 8.00. The van der Waals surface area contributed by atoms with Crippen LogP contribution in [0.5, 0.6) is 0 Å². The lowest BCUT2D eigenvalue weighted by Crippen LogP contribution is -2.41. The summed E-state index contributed by atoms with van der Waals surface area (Å²) in [4.78, 5) is 23.9. The number of ketones is 1. The van der Waals surface area contributed by atoms with Gasteiger partial charge in [-0.15, -0.1) is 0 Å². The van der Waals surface area contributed by atoms with Crippen LogP contribution >= 0.6 is 11.8 Å². The summed E-state index contributed by atoms with van der Waals surface area (Å²) >= 11 is 1.93. The Morgan fingerprint density at radius 2 is 1.77 bits per heavy atom. The molecule has 31 heavy (non-hydrogen) atoms. The molecule has 0 spiro atoms. The first-order valence-corrected chi connectivity index (χ1v) is 12.3. The second-order valence-corrected chi connectivity index (χ2v) is 11.2. The number of hydrogen-bond donors (Lipinski definition) is 2. The van der Waals surface area contributed by atoms with Crippen LogP contribution in [0.4, 0.5) is 4.79 Å². The van der Waals surface area contributed by atoms with E-state index < -0.39 is 0 Å². The molecule has 0 saturated carbocycles. The summed E-state index contributed by atoms with van der Waals surface area (Å²) in [6.45, 7) is 8.18. The molecule has 1 aromatic rings. The van der Waals surface area contributed by atoms with Crippen LogP contribution in [0.3, 0.4) is 0 Å². The number of unbranched alkanes of at least 4 members (excludes halogenated alkanes) is 1. The Morgan fingerprint density at radius 1 is 1.10 bits per heavy atom. The van der Waals surface area contributed by atoms with Gasteiger partial charge in [0.2, 0.25) is 0 Å². The van der Waals surface area contributed by atoms with Gasteiger partial charge >= 0.3 is 13.1 Å². The molecule has 3 atom stereocenters. The van der Waals surface area contributed by atoms with Crippen molar-refractivity contribution in [2.75, 3.05) is 5.75 Å². The minimum atomic E-state index is -0.373. The Kier molecular flexibility index (Phi) is 6.43. The maximum atomic E-state index is 12.4. The third-order valence-corrected chi connectivity index (χ3v) is 8.55. The average Bonchev–Trinajstić information content (AvgIpc) is 3.30. The number of amides is 2. The number of Topliss-reactive ketones (excluding diaryl/α,β-unsaturated/α-hetero) is 1. The second kappa shape index (κ2) is 8.79. The number of nitrogens with one attached hydrogen (secondary N) is 2. The van der Waals surface area contributed by atoms with Crippen LogP contribution in [-0.2, 0) is 20.5 Å². The molecule has 3 aliphatic heterocycles. The third kappa shape index (κ3) is 4.96. The van der Waals surface area contributed by atoms with Crippen LogP contribution in [0.2, 0.25) is 0 Å². The molecule has 0 aromatic heterocycles. The van der Waals surface area contributed by atoms with Gasteiger partial charge in [0.25, 0.3) is 0 Å². The lowest BCUT2D eigenvalue weighted by atomic mass is 9.78. The SMILES string of the molecule is CC1(C)OB(c2ccc(CC(=O)CCCC[C@@H]3SC[C@@H]4NC(=O)N[C@@H]43)cc2)OC1(C)C. The molecule has 0 radical (unpaired) electrons. The summed E-state index contributed by atoms with van der Waals surface area (Å²) in [6, 6.07) is 8.48. The largest absolute Gasteiger partial charge is 0.494 e. The molecule has 3 aliphatic rings. The van der Waals surface area contributed by atoms with Gasteiger partial charge in [0, 0.05) is 23.8 Å². The number of urea groups is 1. The Morgan fingerprint density at radius 3 is 2.45 bits per heavy atom. The molecule has 6 nitrogen and oxygen atoms in total. The van der Waals surface area contributed by atoms with Crippen molar-refractivity contribution in [3.8, 4) is 0 Å². The van der Waals surface area contributed by atoms with Crippen molar-refractivity contribution in [3.05, 3.63) is 29.8 Å². The maximum absolute atomic E-state index is 12.4. The lowest BCUT2D eigenvalue weighted by Gasteiger charge is -2.32. The van der Waals surface area contributed by atoms with Gasteiger partial charge in [0.05, 0.1) is 23.3 Å². The molecule has 1 aromatic carbocycles. The van der Waals surface area contributed by atoms with E-state index in [-0.39, 0.29) is 42.2 Å². The molecule has 168 valence electrons. The number of thioether (sulfide) groups is 1. The van der Waals surface area contributed by atoms with Crippen molar-refractivity contribution >= 4 is 36.2 Å². The fourth-order valence-corrected chi connectivity index (χ4v) is 5.94. The van der Waals surface area contributed by atoms with Crippen molar-refractivity contribution in [2.45, 2.75) is 88.3 Å². The number of fused-ring (bicyclic) bond motifs is 1. The predicted octanol–water partition coefficient (Wildman–Crippen LogP) is 2.82. The first-order valence-electron chi connectivity index (χ1n) is 11.3. The summed E-state index contributed by atoms with van der Waals surface area (Å²) in [5, 5.41) is 6.46. The van der Waals surface area contributed by atoms with Crippen molar-refractivity contribution in [3.63, 3.8) is 0 Å². The standard InChI is InChI=1S/C23H33BN2O4S/c1-22(2)23(3,4)30-24(29-22)16-11-9-15(10-12-16)13-17(27)7-5-6-8-19-20-18(14-31-19)25-21(28)26-20/h9-12,18-20H,5-8,13-14H2,1-4H3,(H2,25,26,28)/t18-,19-,20-/m0/s1. The lowest BCUT2D eigenvalue weighted by molar-refractivity contribution is -0.118. The summed E-state index contributed by atoms with van der Waals surface area (Å²) < 4.78 is 12.2. The van der Waals surface area contributed by atoms with Crippen LogP contribution in [0.15, 0.2) is 24.3 Å². The molecule has 0 bridgehead atoms. The van der Waals surface area contributed by atoms with Gasteiger partial charge in [0.1, 0.15) is 5.78 Å². The molecule has 2 N–H and O–H groups in total. The molecule has 3 heterocycles. The summed E-state index contributed by atoms with van der Waals surface area (Å²) in [5.41, 5.74) is 1.30. The second-order valence-electron chi connectivity index (χ2n) is 9.91. The van der Waals surface area contributed by atoms with Crippen LogP contribution in [0.25, 0.3) is 0 Å². The van der Waals surface area contributed by atoms with Crippen molar-refractivity contribution in [1.29, 1.82) is 0 Å². The monoisotopic (exact) mass is 444 g/mol. The number of carbonyl (C=O) groups excluding carboxylic acids is 2. The highest BCUT2D eigenvalue weighted by Crippen LogP contribution is 2.36. The summed E-state index contributed by atoms with van der Waals surface area (Å²) in [5.74, 6) is 1.26. The average molecular weight is 444 g/mol.